The van der Waals surface area contributed by atoms with Gasteiger partial charge in [-0.1, -0.05) is 6.92 Å². The van der Waals surface area contributed by atoms with Gasteiger partial charge in [0.25, 0.3) is 0 Å². The van der Waals surface area contributed by atoms with E-state index in [-0.39, 0.29) is 17.8 Å². The lowest BCUT2D eigenvalue weighted by atomic mass is 9.95. The molecule has 16 heavy (non-hydrogen) atoms. The average molecular weight is 227 g/mol. The number of rotatable bonds is 4. The van der Waals surface area contributed by atoms with Crippen LogP contribution < -0.4 is 0 Å². The molecule has 4 nitrogen and oxygen atoms in total. The first-order chi connectivity index (χ1) is 7.54. The van der Waals surface area contributed by atoms with Crippen LogP contribution >= 0.6 is 0 Å². The van der Waals surface area contributed by atoms with Gasteiger partial charge in [-0.3, -0.25) is 4.79 Å². The fourth-order valence-corrected chi connectivity index (χ4v) is 2.01. The predicted octanol–water partition coefficient (Wildman–Crippen LogP) is 1.24. The Morgan fingerprint density at radius 3 is 2.62 bits per heavy atom. The van der Waals surface area contributed by atoms with Gasteiger partial charge in [-0.25, -0.2) is 0 Å². The van der Waals surface area contributed by atoms with Crippen molar-refractivity contribution in [2.45, 2.75) is 39.2 Å². The van der Waals surface area contributed by atoms with Gasteiger partial charge in [0, 0.05) is 33.0 Å². The van der Waals surface area contributed by atoms with E-state index in [1.165, 1.54) is 6.92 Å². The third-order valence-corrected chi connectivity index (χ3v) is 3.24. The number of methoxy groups -OCH3 is 1. The molecule has 0 spiro atoms. The van der Waals surface area contributed by atoms with E-state index in [0.717, 1.165) is 13.0 Å². The summed E-state index contributed by atoms with van der Waals surface area (Å²) in [4.78, 5) is 24.4. The van der Waals surface area contributed by atoms with Crippen molar-refractivity contribution < 1.29 is 14.3 Å². The summed E-state index contributed by atoms with van der Waals surface area (Å²) in [6.45, 7) is 5.11. The molecule has 2 atom stereocenters. The summed E-state index contributed by atoms with van der Waals surface area (Å²) in [7, 11) is 1.69. The van der Waals surface area contributed by atoms with Gasteiger partial charge in [0.1, 0.15) is 5.78 Å². The maximum atomic E-state index is 11.8. The van der Waals surface area contributed by atoms with E-state index in [0.29, 0.717) is 25.3 Å². The van der Waals surface area contributed by atoms with E-state index in [9.17, 15) is 9.59 Å². The summed E-state index contributed by atoms with van der Waals surface area (Å²) in [6, 6.07) is 0. The molecule has 0 aromatic carbocycles. The van der Waals surface area contributed by atoms with Crippen LogP contribution in [0.15, 0.2) is 0 Å². The van der Waals surface area contributed by atoms with E-state index >= 15 is 0 Å². The zero-order valence-electron chi connectivity index (χ0n) is 10.4. The summed E-state index contributed by atoms with van der Waals surface area (Å²) >= 11 is 0. The average Bonchev–Trinajstić information content (AvgIpc) is 2.26. The minimum Gasteiger partial charge on any atom is -0.379 e. The smallest absolute Gasteiger partial charge is 0.223 e. The van der Waals surface area contributed by atoms with Gasteiger partial charge in [-0.05, 0) is 19.3 Å². The first-order valence-corrected chi connectivity index (χ1v) is 5.84. The molecule has 92 valence electrons. The molecule has 1 rings (SSSR count). The summed E-state index contributed by atoms with van der Waals surface area (Å²) < 4.78 is 5.35. The maximum absolute atomic E-state index is 11.8. The third-order valence-electron chi connectivity index (χ3n) is 3.24. The number of hydrogen-bond donors (Lipinski definition) is 0. The minimum absolute atomic E-state index is 0.0713. The first kappa shape index (κ1) is 13.2. The molecule has 0 aromatic heterocycles. The van der Waals surface area contributed by atoms with Gasteiger partial charge in [0.15, 0.2) is 0 Å². The molecule has 0 N–H and O–H groups in total. The SMILES string of the molecule is COC1CN(C(=O)CCC(C)=O)CCC1C. The van der Waals surface area contributed by atoms with Gasteiger partial charge in [0.2, 0.25) is 5.91 Å². The maximum Gasteiger partial charge on any atom is 0.223 e. The zero-order valence-corrected chi connectivity index (χ0v) is 10.4. The number of carbonyl (C=O) groups is 2. The molecule has 0 aromatic rings. The molecule has 0 bridgehead atoms. The molecule has 1 saturated heterocycles. The lowest BCUT2D eigenvalue weighted by Crippen LogP contribution is -2.46. The van der Waals surface area contributed by atoms with Crippen LogP contribution in [0, 0.1) is 5.92 Å². The highest BCUT2D eigenvalue weighted by molar-refractivity contribution is 5.83. The number of carbonyl (C=O) groups excluding carboxylic acids is 2. The normalized spacial score (nSPS) is 25.6. The molecular weight excluding hydrogens is 206 g/mol. The number of ketones is 1. The highest BCUT2D eigenvalue weighted by Gasteiger charge is 2.28. The Morgan fingerprint density at radius 1 is 1.38 bits per heavy atom. The standard InChI is InChI=1S/C12H21NO3/c1-9-6-7-13(8-11(9)16-3)12(15)5-4-10(2)14/h9,11H,4-8H2,1-3H3. The van der Waals surface area contributed by atoms with Gasteiger partial charge >= 0.3 is 0 Å². The molecular formula is C12H21NO3. The summed E-state index contributed by atoms with van der Waals surface area (Å²) in [5.74, 6) is 0.646. The van der Waals surface area contributed by atoms with Crippen LogP contribution in [0.2, 0.25) is 0 Å². The Morgan fingerprint density at radius 2 is 2.06 bits per heavy atom. The second-order valence-corrected chi connectivity index (χ2v) is 4.58. The van der Waals surface area contributed by atoms with Crippen LogP contribution in [0.4, 0.5) is 0 Å². The van der Waals surface area contributed by atoms with Crippen molar-refractivity contribution in [3.8, 4) is 0 Å². The fourth-order valence-electron chi connectivity index (χ4n) is 2.01. The first-order valence-electron chi connectivity index (χ1n) is 5.84. The van der Waals surface area contributed by atoms with Crippen LogP contribution in [-0.4, -0.2) is 42.9 Å². The third kappa shape index (κ3) is 3.59. The van der Waals surface area contributed by atoms with Crippen LogP contribution in [0.25, 0.3) is 0 Å². The van der Waals surface area contributed by atoms with Crippen molar-refractivity contribution in [3.05, 3.63) is 0 Å². The van der Waals surface area contributed by atoms with Gasteiger partial charge < -0.3 is 14.4 Å². The Hall–Kier alpha value is -0.900. The predicted molar refractivity (Wildman–Crippen MR) is 61.1 cm³/mol. The second kappa shape index (κ2) is 5.99. The lowest BCUT2D eigenvalue weighted by Gasteiger charge is -2.36. The number of hydrogen-bond acceptors (Lipinski definition) is 3. The fraction of sp³-hybridized carbons (Fsp3) is 0.833. The number of ether oxygens (including phenoxy) is 1. The topological polar surface area (TPSA) is 46.6 Å². The number of nitrogens with zero attached hydrogens (tertiary/aromatic N) is 1. The van der Waals surface area contributed by atoms with Crippen molar-refractivity contribution in [2.24, 2.45) is 5.92 Å². The highest BCUT2D eigenvalue weighted by atomic mass is 16.5. The minimum atomic E-state index is 0.0713. The van der Waals surface area contributed by atoms with E-state index in [4.69, 9.17) is 4.74 Å². The largest absolute Gasteiger partial charge is 0.379 e. The molecule has 0 saturated carbocycles. The Kier molecular flexibility index (Phi) is 4.93. The monoisotopic (exact) mass is 227 g/mol. The van der Waals surface area contributed by atoms with Crippen LogP contribution in [-0.2, 0) is 14.3 Å². The van der Waals surface area contributed by atoms with Crippen molar-refractivity contribution in [1.29, 1.82) is 0 Å². The molecule has 4 heteroatoms. The van der Waals surface area contributed by atoms with Crippen molar-refractivity contribution in [3.63, 3.8) is 0 Å². The molecule has 0 aliphatic carbocycles. The van der Waals surface area contributed by atoms with Gasteiger partial charge in [-0.15, -0.1) is 0 Å². The number of likely N-dealkylation sites (tertiary alicyclic amines) is 1. The molecule has 1 heterocycles. The molecule has 0 radical (unpaired) electrons. The Bertz CT molecular complexity index is 265. The number of piperidine rings is 1. The highest BCUT2D eigenvalue weighted by Crippen LogP contribution is 2.20. The van der Waals surface area contributed by atoms with E-state index in [2.05, 4.69) is 6.92 Å². The molecule has 1 fully saturated rings. The summed E-state index contributed by atoms with van der Waals surface area (Å²) in [6.07, 6.45) is 1.79. The van der Waals surface area contributed by atoms with Gasteiger partial charge in [0.05, 0.1) is 6.10 Å². The van der Waals surface area contributed by atoms with Crippen molar-refractivity contribution in [1.82, 2.24) is 4.90 Å². The molecule has 1 amide bonds. The quantitative estimate of drug-likeness (QED) is 0.726. The van der Waals surface area contributed by atoms with Crippen LogP contribution in [0.3, 0.4) is 0 Å². The van der Waals surface area contributed by atoms with E-state index < -0.39 is 0 Å². The van der Waals surface area contributed by atoms with Gasteiger partial charge in [-0.2, -0.15) is 0 Å². The van der Waals surface area contributed by atoms with Crippen LogP contribution in [0.5, 0.6) is 0 Å². The van der Waals surface area contributed by atoms with Crippen molar-refractivity contribution in [2.75, 3.05) is 20.2 Å². The molecule has 1 aliphatic heterocycles. The number of Topliss-reactive ketones (excluding diaryl/α,β-unsaturated/α-hetero) is 1. The Labute approximate surface area is 96.9 Å². The molecule has 2 unspecified atom stereocenters. The van der Waals surface area contributed by atoms with E-state index in [1.54, 1.807) is 7.11 Å². The summed E-state index contributed by atoms with van der Waals surface area (Å²) in [5, 5.41) is 0. The van der Waals surface area contributed by atoms with E-state index in [1.807, 2.05) is 4.90 Å². The lowest BCUT2D eigenvalue weighted by molar-refractivity contribution is -0.137. The zero-order chi connectivity index (χ0) is 12.1. The second-order valence-electron chi connectivity index (χ2n) is 4.58. The molecule has 1 aliphatic rings. The number of amides is 1. The van der Waals surface area contributed by atoms with Crippen molar-refractivity contribution >= 4 is 11.7 Å². The summed E-state index contributed by atoms with van der Waals surface area (Å²) in [5.41, 5.74) is 0. The van der Waals surface area contributed by atoms with Crippen LogP contribution in [0.1, 0.15) is 33.1 Å². The Balaban J connectivity index is 2.42.